The number of allylic oxidation sites excluding steroid dienone is 2. The zero-order valence-corrected chi connectivity index (χ0v) is 16.6. The van der Waals surface area contributed by atoms with Gasteiger partial charge in [0.1, 0.15) is 5.82 Å². The summed E-state index contributed by atoms with van der Waals surface area (Å²) in [6, 6.07) is 11.8. The van der Waals surface area contributed by atoms with Crippen molar-refractivity contribution < 1.29 is 4.39 Å². The van der Waals surface area contributed by atoms with Gasteiger partial charge in [0.2, 0.25) is 0 Å². The molecule has 0 fully saturated rings. The predicted octanol–water partition coefficient (Wildman–Crippen LogP) is 8.22. The maximum atomic E-state index is 14.9. The van der Waals surface area contributed by atoms with Crippen molar-refractivity contribution in [2.24, 2.45) is 5.92 Å². The van der Waals surface area contributed by atoms with Crippen molar-refractivity contribution in [1.82, 2.24) is 0 Å². The smallest absolute Gasteiger partial charge is 0.150 e. The molecule has 0 nitrogen and oxygen atoms in total. The second kappa shape index (κ2) is 8.86. The Morgan fingerprint density at radius 1 is 1.04 bits per heavy atom. The summed E-state index contributed by atoms with van der Waals surface area (Å²) in [6.07, 6.45) is 10.8. The highest BCUT2D eigenvalue weighted by Gasteiger charge is 2.20. The van der Waals surface area contributed by atoms with Crippen LogP contribution in [0.3, 0.4) is 0 Å². The van der Waals surface area contributed by atoms with E-state index in [0.29, 0.717) is 5.56 Å². The molecule has 2 heteroatoms. The van der Waals surface area contributed by atoms with Crippen LogP contribution in [0.2, 0.25) is 5.02 Å². The topological polar surface area (TPSA) is 0 Å². The SMILES string of the molecule is CCCCCC1CC=C(c2ccc(-c3ccc(C)cc3)c(F)c2Cl)CC1. The molecule has 1 aliphatic rings. The number of hydrogen-bond donors (Lipinski definition) is 0. The van der Waals surface area contributed by atoms with Crippen LogP contribution in [0.5, 0.6) is 0 Å². The van der Waals surface area contributed by atoms with Gasteiger partial charge >= 0.3 is 0 Å². The summed E-state index contributed by atoms with van der Waals surface area (Å²) in [6.45, 7) is 4.27. The highest BCUT2D eigenvalue weighted by molar-refractivity contribution is 6.32. The molecule has 26 heavy (non-hydrogen) atoms. The molecule has 0 bridgehead atoms. The standard InChI is InChI=1S/C24H28ClF/c1-3-4-5-6-18-9-13-19(14-10-18)21-15-16-22(24(26)23(21)25)20-11-7-17(2)8-12-20/h7-8,11-13,15-16,18H,3-6,9-10,14H2,1-2H3. The molecule has 0 N–H and O–H groups in total. The summed E-state index contributed by atoms with van der Waals surface area (Å²) in [7, 11) is 0. The Morgan fingerprint density at radius 3 is 2.42 bits per heavy atom. The maximum absolute atomic E-state index is 14.9. The van der Waals surface area contributed by atoms with Crippen LogP contribution in [-0.4, -0.2) is 0 Å². The fourth-order valence-corrected chi connectivity index (χ4v) is 4.12. The molecular formula is C24H28ClF. The van der Waals surface area contributed by atoms with Gasteiger partial charge in [-0.2, -0.15) is 0 Å². The van der Waals surface area contributed by atoms with Crippen molar-refractivity contribution in [1.29, 1.82) is 0 Å². The number of hydrogen-bond acceptors (Lipinski definition) is 0. The van der Waals surface area contributed by atoms with E-state index < -0.39 is 0 Å². The van der Waals surface area contributed by atoms with Crippen molar-refractivity contribution in [3.05, 3.63) is 64.4 Å². The van der Waals surface area contributed by atoms with E-state index in [1.807, 2.05) is 43.3 Å². The van der Waals surface area contributed by atoms with Crippen LogP contribution in [0.25, 0.3) is 16.7 Å². The molecule has 0 heterocycles. The molecule has 0 radical (unpaired) electrons. The predicted molar refractivity (Wildman–Crippen MR) is 111 cm³/mol. The number of aryl methyl sites for hydroxylation is 1. The van der Waals surface area contributed by atoms with Crippen molar-refractivity contribution in [2.75, 3.05) is 0 Å². The summed E-state index contributed by atoms with van der Waals surface area (Å²) in [5, 5.41) is 0.263. The molecule has 0 aliphatic heterocycles. The van der Waals surface area contributed by atoms with Crippen molar-refractivity contribution >= 4 is 17.2 Å². The summed E-state index contributed by atoms with van der Waals surface area (Å²) in [5.41, 5.74) is 4.68. The zero-order valence-electron chi connectivity index (χ0n) is 15.8. The third kappa shape index (κ3) is 4.38. The lowest BCUT2D eigenvalue weighted by atomic mass is 9.83. The Balaban J connectivity index is 1.77. The summed E-state index contributed by atoms with van der Waals surface area (Å²) in [4.78, 5) is 0. The van der Waals surface area contributed by atoms with E-state index in [1.165, 1.54) is 37.7 Å². The molecule has 0 amide bonds. The zero-order chi connectivity index (χ0) is 18.5. The van der Waals surface area contributed by atoms with Gasteiger partial charge in [0, 0.05) is 5.56 Å². The molecule has 0 aromatic heterocycles. The normalized spacial score (nSPS) is 17.2. The van der Waals surface area contributed by atoms with Crippen molar-refractivity contribution in [3.8, 4) is 11.1 Å². The minimum Gasteiger partial charge on any atom is -0.205 e. The van der Waals surface area contributed by atoms with E-state index in [2.05, 4.69) is 13.0 Å². The molecular weight excluding hydrogens is 343 g/mol. The molecule has 0 saturated heterocycles. The Morgan fingerprint density at radius 2 is 1.77 bits per heavy atom. The van der Waals surface area contributed by atoms with Gasteiger partial charge in [-0.3, -0.25) is 0 Å². The molecule has 3 rings (SSSR count). The first-order chi connectivity index (χ1) is 12.6. The number of unbranched alkanes of at least 4 members (excludes halogenated alkanes) is 2. The average molecular weight is 371 g/mol. The van der Waals surface area contributed by atoms with E-state index >= 15 is 0 Å². The molecule has 0 saturated carbocycles. The quantitative estimate of drug-likeness (QED) is 0.449. The summed E-state index contributed by atoms with van der Waals surface area (Å²) in [5.74, 6) is 0.472. The van der Waals surface area contributed by atoms with Gasteiger partial charge in [0.05, 0.1) is 5.02 Å². The first-order valence-electron chi connectivity index (χ1n) is 9.84. The van der Waals surface area contributed by atoms with Crippen LogP contribution in [0, 0.1) is 18.7 Å². The molecule has 1 unspecified atom stereocenters. The Kier molecular flexibility index (Phi) is 6.53. The first-order valence-corrected chi connectivity index (χ1v) is 10.2. The second-order valence-electron chi connectivity index (χ2n) is 7.52. The van der Waals surface area contributed by atoms with Crippen LogP contribution in [0.1, 0.15) is 63.0 Å². The van der Waals surface area contributed by atoms with Gasteiger partial charge in [-0.05, 0) is 48.8 Å². The van der Waals surface area contributed by atoms with Gasteiger partial charge < -0.3 is 0 Å². The van der Waals surface area contributed by atoms with Crippen LogP contribution >= 0.6 is 11.6 Å². The summed E-state index contributed by atoms with van der Waals surface area (Å²) >= 11 is 6.44. The molecule has 2 aromatic rings. The van der Waals surface area contributed by atoms with Gasteiger partial charge in [0.25, 0.3) is 0 Å². The van der Waals surface area contributed by atoms with E-state index in [0.717, 1.165) is 35.4 Å². The highest BCUT2D eigenvalue weighted by atomic mass is 35.5. The fourth-order valence-electron chi connectivity index (χ4n) is 3.83. The molecule has 0 spiro atoms. The minimum absolute atomic E-state index is 0.263. The minimum atomic E-state index is -0.306. The second-order valence-corrected chi connectivity index (χ2v) is 7.90. The number of rotatable bonds is 6. The van der Waals surface area contributed by atoms with Crippen LogP contribution in [0.15, 0.2) is 42.5 Å². The van der Waals surface area contributed by atoms with Gasteiger partial charge in [-0.25, -0.2) is 4.39 Å². The average Bonchev–Trinajstić information content (AvgIpc) is 2.66. The number of benzene rings is 2. The van der Waals surface area contributed by atoms with E-state index in [4.69, 9.17) is 11.6 Å². The van der Waals surface area contributed by atoms with Gasteiger partial charge in [-0.15, -0.1) is 0 Å². The van der Waals surface area contributed by atoms with Crippen LogP contribution in [0.4, 0.5) is 4.39 Å². The Labute approximate surface area is 162 Å². The Hall–Kier alpha value is -1.60. The first kappa shape index (κ1) is 19.2. The molecule has 2 aromatic carbocycles. The monoisotopic (exact) mass is 370 g/mol. The van der Waals surface area contributed by atoms with E-state index in [-0.39, 0.29) is 10.8 Å². The Bertz CT molecular complexity index is 774. The maximum Gasteiger partial charge on any atom is 0.150 e. The van der Waals surface area contributed by atoms with E-state index in [9.17, 15) is 4.39 Å². The fraction of sp³-hybridized carbons (Fsp3) is 0.417. The molecule has 1 atom stereocenters. The molecule has 1 aliphatic carbocycles. The van der Waals surface area contributed by atoms with Gasteiger partial charge in [-0.1, -0.05) is 92.2 Å². The van der Waals surface area contributed by atoms with Crippen LogP contribution in [-0.2, 0) is 0 Å². The highest BCUT2D eigenvalue weighted by Crippen LogP contribution is 2.39. The third-order valence-corrected chi connectivity index (χ3v) is 5.90. The van der Waals surface area contributed by atoms with E-state index in [1.54, 1.807) is 0 Å². The van der Waals surface area contributed by atoms with Crippen LogP contribution < -0.4 is 0 Å². The lowest BCUT2D eigenvalue weighted by molar-refractivity contribution is 0.428. The van der Waals surface area contributed by atoms with Gasteiger partial charge in [0.15, 0.2) is 0 Å². The van der Waals surface area contributed by atoms with Crippen molar-refractivity contribution in [3.63, 3.8) is 0 Å². The lowest BCUT2D eigenvalue weighted by Gasteiger charge is -2.23. The third-order valence-electron chi connectivity index (χ3n) is 5.53. The van der Waals surface area contributed by atoms with Crippen molar-refractivity contribution in [2.45, 2.75) is 58.8 Å². The molecule has 138 valence electrons. The largest absolute Gasteiger partial charge is 0.205 e. The summed E-state index contributed by atoms with van der Waals surface area (Å²) < 4.78 is 14.9. The number of halogens is 2. The lowest BCUT2D eigenvalue weighted by Crippen LogP contribution is -2.06.